The van der Waals surface area contributed by atoms with Crippen LogP contribution in [0.2, 0.25) is 0 Å². The van der Waals surface area contributed by atoms with Crippen molar-refractivity contribution in [2.24, 2.45) is 5.92 Å². The van der Waals surface area contributed by atoms with Gasteiger partial charge >= 0.3 is 5.97 Å². The lowest BCUT2D eigenvalue weighted by Gasteiger charge is -2.19. The SMILES string of the molecule is CC[C@H](C)[C@H](NC(=O)c1cc2cccc(Br)c2o1)C(=O)O. The number of benzene rings is 1. The Kier molecular flexibility index (Phi) is 4.67. The zero-order valence-electron chi connectivity index (χ0n) is 11.7. The quantitative estimate of drug-likeness (QED) is 0.862. The number of para-hydroxylation sites is 1. The highest BCUT2D eigenvalue weighted by molar-refractivity contribution is 9.10. The van der Waals surface area contributed by atoms with Gasteiger partial charge in [-0.15, -0.1) is 0 Å². The van der Waals surface area contributed by atoms with E-state index in [-0.39, 0.29) is 11.7 Å². The Morgan fingerprint density at radius 1 is 1.43 bits per heavy atom. The summed E-state index contributed by atoms with van der Waals surface area (Å²) in [5.41, 5.74) is 0.568. The summed E-state index contributed by atoms with van der Waals surface area (Å²) in [7, 11) is 0. The van der Waals surface area contributed by atoms with Crippen molar-refractivity contribution in [1.29, 1.82) is 0 Å². The van der Waals surface area contributed by atoms with E-state index in [1.165, 1.54) is 0 Å². The van der Waals surface area contributed by atoms with Gasteiger partial charge in [-0.25, -0.2) is 4.79 Å². The number of carboxylic acids is 1. The summed E-state index contributed by atoms with van der Waals surface area (Å²) in [5, 5.41) is 12.5. The van der Waals surface area contributed by atoms with E-state index in [1.54, 1.807) is 13.0 Å². The molecule has 0 bridgehead atoms. The van der Waals surface area contributed by atoms with Crippen molar-refractivity contribution >= 4 is 38.8 Å². The topological polar surface area (TPSA) is 79.5 Å². The monoisotopic (exact) mass is 353 g/mol. The van der Waals surface area contributed by atoms with Crippen molar-refractivity contribution < 1.29 is 19.1 Å². The fraction of sp³-hybridized carbons (Fsp3) is 0.333. The minimum Gasteiger partial charge on any atom is -0.480 e. The van der Waals surface area contributed by atoms with E-state index >= 15 is 0 Å². The molecule has 0 radical (unpaired) electrons. The van der Waals surface area contributed by atoms with E-state index in [4.69, 9.17) is 4.42 Å². The molecule has 2 rings (SSSR count). The molecule has 0 aliphatic heterocycles. The molecule has 0 aliphatic rings. The van der Waals surface area contributed by atoms with E-state index < -0.39 is 17.9 Å². The predicted octanol–water partition coefficient (Wildman–Crippen LogP) is 3.42. The van der Waals surface area contributed by atoms with Gasteiger partial charge in [0.25, 0.3) is 5.91 Å². The number of carbonyl (C=O) groups is 2. The molecular formula is C15H16BrNO4. The molecule has 2 N–H and O–H groups in total. The molecule has 1 amide bonds. The Morgan fingerprint density at radius 3 is 2.71 bits per heavy atom. The molecule has 0 fully saturated rings. The first-order valence-corrected chi connectivity index (χ1v) is 7.45. The fourth-order valence-corrected chi connectivity index (χ4v) is 2.50. The number of fused-ring (bicyclic) bond motifs is 1. The third kappa shape index (κ3) is 3.26. The summed E-state index contributed by atoms with van der Waals surface area (Å²) in [4.78, 5) is 23.4. The highest BCUT2D eigenvalue weighted by Crippen LogP contribution is 2.27. The Morgan fingerprint density at radius 2 is 2.14 bits per heavy atom. The Balaban J connectivity index is 2.25. The van der Waals surface area contributed by atoms with Gasteiger partial charge in [0, 0.05) is 5.39 Å². The van der Waals surface area contributed by atoms with Crippen LogP contribution in [0, 0.1) is 5.92 Å². The maximum Gasteiger partial charge on any atom is 0.326 e. The van der Waals surface area contributed by atoms with Crippen molar-refractivity contribution in [2.45, 2.75) is 26.3 Å². The third-order valence-corrected chi connectivity index (χ3v) is 4.11. The number of carbonyl (C=O) groups excluding carboxylic acids is 1. The van der Waals surface area contributed by atoms with Gasteiger partial charge in [0.2, 0.25) is 0 Å². The molecule has 0 spiro atoms. The summed E-state index contributed by atoms with van der Waals surface area (Å²) in [5.74, 6) is -1.63. The van der Waals surface area contributed by atoms with Crippen molar-refractivity contribution in [1.82, 2.24) is 5.32 Å². The second-order valence-corrected chi connectivity index (χ2v) is 5.80. The Labute approximate surface area is 130 Å². The summed E-state index contributed by atoms with van der Waals surface area (Å²) in [6, 6.07) is 6.14. The minimum atomic E-state index is -1.05. The maximum atomic E-state index is 12.2. The van der Waals surface area contributed by atoms with Crippen LogP contribution in [0.15, 0.2) is 33.2 Å². The van der Waals surface area contributed by atoms with Crippen molar-refractivity contribution in [2.75, 3.05) is 0 Å². The van der Waals surface area contributed by atoms with Gasteiger partial charge < -0.3 is 14.8 Å². The largest absolute Gasteiger partial charge is 0.480 e. The molecule has 2 aromatic rings. The first-order valence-electron chi connectivity index (χ1n) is 6.65. The number of rotatable bonds is 5. The second kappa shape index (κ2) is 6.30. The van der Waals surface area contributed by atoms with Crippen molar-refractivity contribution in [3.63, 3.8) is 0 Å². The molecule has 0 unspecified atom stereocenters. The van der Waals surface area contributed by atoms with E-state index in [1.807, 2.05) is 25.1 Å². The van der Waals surface area contributed by atoms with Crippen LogP contribution in [0.1, 0.15) is 30.8 Å². The normalized spacial score (nSPS) is 13.9. The van der Waals surface area contributed by atoms with Crippen LogP contribution in [0.5, 0.6) is 0 Å². The molecule has 21 heavy (non-hydrogen) atoms. The lowest BCUT2D eigenvalue weighted by Crippen LogP contribution is -2.44. The van der Waals surface area contributed by atoms with Gasteiger partial charge in [0.1, 0.15) is 11.6 Å². The number of nitrogens with one attached hydrogen (secondary N) is 1. The lowest BCUT2D eigenvalue weighted by atomic mass is 9.99. The third-order valence-electron chi connectivity index (χ3n) is 3.49. The number of hydrogen-bond donors (Lipinski definition) is 2. The lowest BCUT2D eigenvalue weighted by molar-refractivity contribution is -0.140. The predicted molar refractivity (Wildman–Crippen MR) is 82.3 cm³/mol. The van der Waals surface area contributed by atoms with E-state index in [2.05, 4.69) is 21.2 Å². The molecule has 2 atom stereocenters. The second-order valence-electron chi connectivity index (χ2n) is 4.94. The molecule has 0 aliphatic carbocycles. The molecule has 0 saturated heterocycles. The Bertz CT molecular complexity index is 679. The van der Waals surface area contributed by atoms with E-state index in [9.17, 15) is 14.7 Å². The van der Waals surface area contributed by atoms with Crippen LogP contribution in [0.3, 0.4) is 0 Å². The van der Waals surface area contributed by atoms with Crippen LogP contribution < -0.4 is 5.32 Å². The number of furan rings is 1. The van der Waals surface area contributed by atoms with Gasteiger partial charge in [-0.05, 0) is 34.0 Å². The standard InChI is InChI=1S/C15H16BrNO4/c1-3-8(2)12(15(19)20)17-14(18)11-7-9-5-4-6-10(16)13(9)21-11/h4-8,12H,3H2,1-2H3,(H,17,18)(H,19,20)/t8-,12-/m0/s1. The first-order chi connectivity index (χ1) is 9.93. The number of aliphatic carboxylic acids is 1. The van der Waals surface area contributed by atoms with Crippen molar-refractivity contribution in [3.05, 3.63) is 34.5 Å². The summed E-state index contributed by atoms with van der Waals surface area (Å²) < 4.78 is 6.25. The average molecular weight is 354 g/mol. The molecule has 5 nitrogen and oxygen atoms in total. The van der Waals surface area contributed by atoms with Crippen LogP contribution in [0.25, 0.3) is 11.0 Å². The zero-order valence-corrected chi connectivity index (χ0v) is 13.3. The zero-order chi connectivity index (χ0) is 15.6. The highest BCUT2D eigenvalue weighted by atomic mass is 79.9. The number of halogens is 1. The minimum absolute atomic E-state index is 0.103. The van der Waals surface area contributed by atoms with Crippen molar-refractivity contribution in [3.8, 4) is 0 Å². The summed E-state index contributed by atoms with van der Waals surface area (Å²) in [6.45, 7) is 3.67. The molecule has 1 heterocycles. The first kappa shape index (κ1) is 15.6. The van der Waals surface area contributed by atoms with Crippen LogP contribution >= 0.6 is 15.9 Å². The van der Waals surface area contributed by atoms with Crippen LogP contribution in [0.4, 0.5) is 0 Å². The summed E-state index contributed by atoms with van der Waals surface area (Å²) >= 11 is 3.35. The Hall–Kier alpha value is -1.82. The van der Waals surface area contributed by atoms with Gasteiger partial charge in [-0.1, -0.05) is 32.4 Å². The van der Waals surface area contributed by atoms with E-state index in [0.717, 1.165) is 9.86 Å². The van der Waals surface area contributed by atoms with Gasteiger partial charge in [0.15, 0.2) is 5.76 Å². The number of carboxylic acid groups (broad SMARTS) is 1. The molecule has 1 aromatic carbocycles. The number of hydrogen-bond acceptors (Lipinski definition) is 3. The maximum absolute atomic E-state index is 12.2. The highest BCUT2D eigenvalue weighted by Gasteiger charge is 2.27. The molecule has 112 valence electrons. The molecule has 0 saturated carbocycles. The number of amides is 1. The van der Waals surface area contributed by atoms with Gasteiger partial charge in [-0.2, -0.15) is 0 Å². The smallest absolute Gasteiger partial charge is 0.326 e. The fourth-order valence-electron chi connectivity index (χ4n) is 2.03. The van der Waals surface area contributed by atoms with E-state index in [0.29, 0.717) is 12.0 Å². The average Bonchev–Trinajstić information content (AvgIpc) is 2.89. The van der Waals surface area contributed by atoms with Crippen LogP contribution in [-0.4, -0.2) is 23.0 Å². The molecular weight excluding hydrogens is 338 g/mol. The van der Waals surface area contributed by atoms with Crippen LogP contribution in [-0.2, 0) is 4.79 Å². The van der Waals surface area contributed by atoms with Gasteiger partial charge in [0.05, 0.1) is 4.47 Å². The summed E-state index contributed by atoms with van der Waals surface area (Å²) in [6.07, 6.45) is 0.656. The molecule has 1 aromatic heterocycles. The molecule has 6 heteroatoms. The van der Waals surface area contributed by atoms with Gasteiger partial charge in [-0.3, -0.25) is 4.79 Å².